The van der Waals surface area contributed by atoms with Crippen molar-refractivity contribution in [2.45, 2.75) is 354 Å². The molecule has 0 spiro atoms. The number of unbranched alkanes of at least 4 members (excludes halogenated alkanes) is 31. The maximum absolute atomic E-state index is 13.1. The molecular weight excluding hydrogens is 1330 g/mol. The Hall–Kier alpha value is -4.28. The lowest BCUT2D eigenvalue weighted by atomic mass is 10.0. The van der Waals surface area contributed by atoms with Crippen LogP contribution < -0.4 is 0 Å². The summed E-state index contributed by atoms with van der Waals surface area (Å²) in [5.41, 5.74) is 0. The lowest BCUT2D eigenvalue weighted by Crippen LogP contribution is -2.30. The van der Waals surface area contributed by atoms with Gasteiger partial charge in [0.1, 0.15) is 19.3 Å². The number of hydrogen-bond acceptors (Lipinski definition) is 15. The molecule has 0 aliphatic carbocycles. The van der Waals surface area contributed by atoms with Gasteiger partial charge in [0.2, 0.25) is 0 Å². The van der Waals surface area contributed by atoms with Crippen LogP contribution in [0.1, 0.15) is 336 Å². The Morgan fingerprint density at radius 1 is 0.284 bits per heavy atom. The van der Waals surface area contributed by atoms with Crippen LogP contribution in [0.15, 0.2) is 109 Å². The molecule has 588 valence electrons. The molecule has 0 aliphatic rings. The number of carbonyl (C=O) groups is 4. The molecule has 0 aromatic rings. The van der Waals surface area contributed by atoms with E-state index in [2.05, 4.69) is 137 Å². The third kappa shape index (κ3) is 74.0. The number of ether oxygens (including phenoxy) is 4. The normalized spacial score (nSPS) is 14.5. The number of rotatable bonds is 75. The maximum Gasteiger partial charge on any atom is 0.472 e. The van der Waals surface area contributed by atoms with Crippen molar-refractivity contribution in [3.05, 3.63) is 109 Å². The molecule has 0 heterocycles. The minimum absolute atomic E-state index is 0.0723. The highest BCUT2D eigenvalue weighted by Crippen LogP contribution is 2.45. The van der Waals surface area contributed by atoms with Crippen molar-refractivity contribution in [3.63, 3.8) is 0 Å². The summed E-state index contributed by atoms with van der Waals surface area (Å²) in [7, 11) is -9.96. The quantitative estimate of drug-likeness (QED) is 0.0169. The molecule has 19 heteroatoms. The van der Waals surface area contributed by atoms with Gasteiger partial charge in [-0.3, -0.25) is 37.3 Å². The summed E-state index contributed by atoms with van der Waals surface area (Å²) in [6, 6.07) is 0. The molecule has 102 heavy (non-hydrogen) atoms. The van der Waals surface area contributed by atoms with Crippen molar-refractivity contribution in [1.29, 1.82) is 0 Å². The lowest BCUT2D eigenvalue weighted by molar-refractivity contribution is -0.161. The van der Waals surface area contributed by atoms with Gasteiger partial charge in [0.25, 0.3) is 0 Å². The first kappa shape index (κ1) is 97.7. The van der Waals surface area contributed by atoms with Crippen molar-refractivity contribution in [2.75, 3.05) is 39.6 Å². The zero-order chi connectivity index (χ0) is 74.6. The van der Waals surface area contributed by atoms with Gasteiger partial charge in [0, 0.05) is 25.7 Å². The lowest BCUT2D eigenvalue weighted by Gasteiger charge is -2.21. The molecule has 0 aromatic heterocycles. The molecule has 0 radical (unpaired) electrons. The second-order valence-corrected chi connectivity index (χ2v) is 29.5. The van der Waals surface area contributed by atoms with E-state index >= 15 is 0 Å². The number of aliphatic hydroxyl groups excluding tert-OH is 1. The molecule has 0 saturated heterocycles. The van der Waals surface area contributed by atoms with E-state index in [4.69, 9.17) is 37.0 Å². The Morgan fingerprint density at radius 2 is 0.510 bits per heavy atom. The standard InChI is InChI=1S/C83H144O17P2/c1-5-9-13-17-21-25-29-33-37-38-42-44-48-52-56-60-64-68-81(86)94-74-79(100-83(88)70-66-62-58-54-50-46-41-36-32-28-24-20-16-12-8-4)76-98-102(91,92)96-72-77(84)71-95-101(89,90)97-75-78(99-82(87)69-65-61-57-53-49-45-40-35-31-27-23-19-15-11-7-3)73-93-80(85)67-63-59-55-51-47-43-39-34-30-26-22-18-14-10-6-2/h9-10,12-14,16,21-22,24-26,28,33-34,36-37,39,41,77-79,84H,5-8,11,15,17-20,23,27,29-32,35,38,40,42-76H2,1-4H3,(H,89,90)(H,91,92)/b13-9-,14-10-,16-12-,25-21-,26-22-,28-24-,37-33-,39-34-,41-36-. The van der Waals surface area contributed by atoms with Crippen molar-refractivity contribution in [2.24, 2.45) is 0 Å². The predicted octanol–water partition coefficient (Wildman–Crippen LogP) is 23.3. The van der Waals surface area contributed by atoms with Crippen molar-refractivity contribution in [1.82, 2.24) is 0 Å². The summed E-state index contributed by atoms with van der Waals surface area (Å²) < 4.78 is 68.6. The first-order chi connectivity index (χ1) is 49.7. The predicted molar refractivity (Wildman–Crippen MR) is 418 cm³/mol. The van der Waals surface area contributed by atoms with E-state index in [-0.39, 0.29) is 25.7 Å². The summed E-state index contributed by atoms with van der Waals surface area (Å²) >= 11 is 0. The molecule has 0 aromatic carbocycles. The highest BCUT2D eigenvalue weighted by molar-refractivity contribution is 7.47. The van der Waals surface area contributed by atoms with Gasteiger partial charge in [-0.1, -0.05) is 298 Å². The summed E-state index contributed by atoms with van der Waals surface area (Å²) in [6.07, 6.45) is 80.6. The molecule has 0 aliphatic heterocycles. The van der Waals surface area contributed by atoms with Gasteiger partial charge in [0.15, 0.2) is 12.2 Å². The van der Waals surface area contributed by atoms with Crippen LogP contribution in [0.25, 0.3) is 0 Å². The molecule has 0 bridgehead atoms. The Morgan fingerprint density at radius 3 is 0.784 bits per heavy atom. The highest BCUT2D eigenvalue weighted by atomic mass is 31.2. The second-order valence-electron chi connectivity index (χ2n) is 26.6. The van der Waals surface area contributed by atoms with Crippen molar-refractivity contribution in [3.8, 4) is 0 Å². The van der Waals surface area contributed by atoms with Gasteiger partial charge in [-0.15, -0.1) is 0 Å². The van der Waals surface area contributed by atoms with Gasteiger partial charge in [0.05, 0.1) is 26.4 Å². The van der Waals surface area contributed by atoms with E-state index in [1.54, 1.807) is 0 Å². The van der Waals surface area contributed by atoms with Crippen molar-refractivity contribution >= 4 is 39.5 Å². The topological polar surface area (TPSA) is 237 Å². The van der Waals surface area contributed by atoms with E-state index in [1.807, 2.05) is 0 Å². The largest absolute Gasteiger partial charge is 0.472 e. The average Bonchev–Trinajstić information content (AvgIpc) is 0.923. The Balaban J connectivity index is 5.37. The van der Waals surface area contributed by atoms with Gasteiger partial charge in [-0.05, 0) is 122 Å². The fraction of sp³-hybridized carbons (Fsp3) is 0.735. The number of hydrogen-bond donors (Lipinski definition) is 3. The van der Waals surface area contributed by atoms with E-state index < -0.39 is 97.5 Å². The third-order valence-corrected chi connectivity index (χ3v) is 18.6. The molecule has 3 N–H and O–H groups in total. The zero-order valence-electron chi connectivity index (χ0n) is 64.3. The van der Waals surface area contributed by atoms with Crippen LogP contribution in [0.5, 0.6) is 0 Å². The van der Waals surface area contributed by atoms with E-state index in [1.165, 1.54) is 64.2 Å². The average molecular weight is 1480 g/mol. The number of carbonyl (C=O) groups excluding carboxylic acids is 4. The molecule has 0 rings (SSSR count). The van der Waals surface area contributed by atoms with Crippen molar-refractivity contribution < 1.29 is 80.2 Å². The Kier molecular flexibility index (Phi) is 71.8. The smallest absolute Gasteiger partial charge is 0.462 e. The molecular formula is C83H144O17P2. The van der Waals surface area contributed by atoms with Crippen LogP contribution in [-0.2, 0) is 65.4 Å². The number of allylic oxidation sites excluding steroid dienone is 18. The summed E-state index contributed by atoms with van der Waals surface area (Å²) in [5.74, 6) is -2.21. The summed E-state index contributed by atoms with van der Waals surface area (Å²) in [6.45, 7) is 4.54. The van der Waals surface area contributed by atoms with Gasteiger partial charge >= 0.3 is 39.5 Å². The van der Waals surface area contributed by atoms with Gasteiger partial charge in [-0.2, -0.15) is 0 Å². The Labute approximate surface area is 619 Å². The van der Waals surface area contributed by atoms with Crippen LogP contribution >= 0.6 is 15.6 Å². The first-order valence-corrected chi connectivity index (χ1v) is 43.1. The molecule has 0 amide bonds. The summed E-state index contributed by atoms with van der Waals surface area (Å²) in [4.78, 5) is 73.0. The minimum Gasteiger partial charge on any atom is -0.462 e. The molecule has 0 saturated carbocycles. The highest BCUT2D eigenvalue weighted by Gasteiger charge is 2.30. The molecule has 17 nitrogen and oxygen atoms in total. The van der Waals surface area contributed by atoms with Crippen LogP contribution in [0.3, 0.4) is 0 Å². The van der Waals surface area contributed by atoms with E-state index in [0.717, 1.165) is 193 Å². The van der Waals surface area contributed by atoms with Gasteiger partial charge in [-0.25, -0.2) is 9.13 Å². The second kappa shape index (κ2) is 75.0. The Bertz CT molecular complexity index is 2360. The van der Waals surface area contributed by atoms with Crippen LogP contribution in [0, 0.1) is 0 Å². The fourth-order valence-corrected chi connectivity index (χ4v) is 12.3. The van der Waals surface area contributed by atoms with Crippen LogP contribution in [0.4, 0.5) is 0 Å². The zero-order valence-corrected chi connectivity index (χ0v) is 66.0. The monoisotopic (exact) mass is 1470 g/mol. The maximum atomic E-state index is 13.1. The molecule has 5 unspecified atom stereocenters. The SMILES string of the molecule is CC/C=C\C/C=C\C/C=C\CCCCCCCCCC(=O)OCC(COP(=O)(O)OCC(O)COP(=O)(O)OCC(COC(=O)CCCCCCC/C=C\C/C=C\C/C=C\CC)OC(=O)CCCCCCCCCCCCCCCCC)OC(=O)CCCCCCC/C=C\C/C=C\C/C=C\CC. The fourth-order valence-electron chi connectivity index (χ4n) is 10.7. The number of esters is 4. The number of phosphoric ester groups is 2. The number of aliphatic hydroxyl groups is 1. The van der Waals surface area contributed by atoms with E-state index in [9.17, 15) is 43.2 Å². The minimum atomic E-state index is -4.98. The molecule has 5 atom stereocenters. The van der Waals surface area contributed by atoms with Crippen LogP contribution in [0.2, 0.25) is 0 Å². The molecule has 0 fully saturated rings. The number of phosphoric acid groups is 2. The van der Waals surface area contributed by atoms with E-state index in [0.29, 0.717) is 25.7 Å². The summed E-state index contributed by atoms with van der Waals surface area (Å²) in [5, 5.41) is 10.6. The first-order valence-electron chi connectivity index (χ1n) is 40.1. The van der Waals surface area contributed by atoms with Gasteiger partial charge < -0.3 is 33.8 Å². The third-order valence-electron chi connectivity index (χ3n) is 16.7. The van der Waals surface area contributed by atoms with Crippen LogP contribution in [-0.4, -0.2) is 96.7 Å².